The second kappa shape index (κ2) is 7.66. The van der Waals surface area contributed by atoms with Crippen molar-refractivity contribution in [3.63, 3.8) is 0 Å². The molecule has 0 spiro atoms. The quantitative estimate of drug-likeness (QED) is 0.809. The smallest absolute Gasteiger partial charge is 0.280 e. The van der Waals surface area contributed by atoms with Crippen molar-refractivity contribution in [2.75, 3.05) is 18.0 Å². The van der Waals surface area contributed by atoms with E-state index in [4.69, 9.17) is 4.98 Å². The molecule has 4 rings (SSSR count). The van der Waals surface area contributed by atoms with Crippen molar-refractivity contribution in [2.24, 2.45) is 5.92 Å². The number of anilines is 1. The second-order valence-corrected chi connectivity index (χ2v) is 7.47. The summed E-state index contributed by atoms with van der Waals surface area (Å²) in [4.78, 5) is 22.6. The van der Waals surface area contributed by atoms with Gasteiger partial charge < -0.3 is 4.90 Å². The van der Waals surface area contributed by atoms with Crippen molar-refractivity contribution in [3.05, 3.63) is 51.3 Å². The Morgan fingerprint density at radius 1 is 1.25 bits per heavy atom. The molecule has 6 nitrogen and oxygen atoms in total. The number of pyridine rings is 1. The van der Waals surface area contributed by atoms with Crippen LogP contribution in [-0.4, -0.2) is 27.6 Å². The van der Waals surface area contributed by atoms with Gasteiger partial charge >= 0.3 is 0 Å². The average molecular weight is 385 g/mol. The van der Waals surface area contributed by atoms with Crippen molar-refractivity contribution in [3.8, 4) is 6.07 Å². The van der Waals surface area contributed by atoms with E-state index in [1.165, 1.54) is 16.5 Å². The summed E-state index contributed by atoms with van der Waals surface area (Å²) in [6, 6.07) is 5.17. The standard InChI is InChI=1S/C20H21F2N5O/c21-19(22)17-9-18(28)27(12-24-17)11-13-4-6-26(7-5-13)20-15(10-23)8-14-2-1-3-16(14)25-20/h8-9,12-13,19H,1-7,11H2. The first-order valence-corrected chi connectivity index (χ1v) is 9.57. The second-order valence-electron chi connectivity index (χ2n) is 7.47. The number of aryl methyl sites for hydroxylation is 2. The molecule has 0 atom stereocenters. The molecular formula is C20H21F2N5O. The normalized spacial score (nSPS) is 17.0. The van der Waals surface area contributed by atoms with Crippen LogP contribution in [0.15, 0.2) is 23.3 Å². The van der Waals surface area contributed by atoms with Gasteiger partial charge in [-0.2, -0.15) is 5.26 Å². The first kappa shape index (κ1) is 18.5. The molecule has 0 amide bonds. The molecule has 8 heteroatoms. The Kier molecular flexibility index (Phi) is 5.07. The zero-order valence-corrected chi connectivity index (χ0v) is 15.4. The van der Waals surface area contributed by atoms with Crippen molar-refractivity contribution >= 4 is 5.82 Å². The first-order chi connectivity index (χ1) is 13.5. The molecule has 2 aliphatic rings. The van der Waals surface area contributed by atoms with Gasteiger partial charge in [-0.25, -0.2) is 18.7 Å². The fourth-order valence-electron chi connectivity index (χ4n) is 4.09. The van der Waals surface area contributed by atoms with E-state index in [0.29, 0.717) is 12.1 Å². The molecule has 0 saturated carbocycles. The largest absolute Gasteiger partial charge is 0.355 e. The Morgan fingerprint density at radius 2 is 2.04 bits per heavy atom. The minimum absolute atomic E-state index is 0.258. The molecule has 0 unspecified atom stereocenters. The number of hydrogen-bond acceptors (Lipinski definition) is 5. The van der Waals surface area contributed by atoms with Gasteiger partial charge in [-0.05, 0) is 49.7 Å². The van der Waals surface area contributed by atoms with Gasteiger partial charge in [0.1, 0.15) is 17.6 Å². The van der Waals surface area contributed by atoms with Crippen LogP contribution in [0, 0.1) is 17.2 Å². The molecule has 1 fully saturated rings. The molecule has 2 aromatic rings. The summed E-state index contributed by atoms with van der Waals surface area (Å²) in [5.41, 5.74) is 1.99. The first-order valence-electron chi connectivity index (χ1n) is 9.57. The lowest BCUT2D eigenvalue weighted by molar-refractivity contribution is 0.145. The maximum absolute atomic E-state index is 12.6. The Bertz CT molecular complexity index is 974. The lowest BCUT2D eigenvalue weighted by Gasteiger charge is -2.33. The highest BCUT2D eigenvalue weighted by Gasteiger charge is 2.25. The number of halogens is 2. The van der Waals surface area contributed by atoms with Crippen molar-refractivity contribution in [2.45, 2.75) is 45.1 Å². The van der Waals surface area contributed by atoms with E-state index in [1.54, 1.807) is 0 Å². The lowest BCUT2D eigenvalue weighted by atomic mass is 9.96. The maximum atomic E-state index is 12.6. The van der Waals surface area contributed by atoms with Gasteiger partial charge in [0.25, 0.3) is 12.0 Å². The number of fused-ring (bicyclic) bond motifs is 1. The van der Waals surface area contributed by atoms with Gasteiger partial charge in [0.2, 0.25) is 0 Å². The van der Waals surface area contributed by atoms with E-state index in [1.807, 2.05) is 6.07 Å². The third-order valence-electron chi connectivity index (χ3n) is 5.64. The fourth-order valence-corrected chi connectivity index (χ4v) is 4.09. The molecule has 2 aromatic heterocycles. The molecule has 1 aliphatic heterocycles. The van der Waals surface area contributed by atoms with Gasteiger partial charge in [-0.3, -0.25) is 9.36 Å². The van der Waals surface area contributed by atoms with Crippen LogP contribution in [0.1, 0.15) is 48.2 Å². The number of aromatic nitrogens is 3. The predicted molar refractivity (Wildman–Crippen MR) is 99.4 cm³/mol. The summed E-state index contributed by atoms with van der Waals surface area (Å²) in [5, 5.41) is 9.50. The average Bonchev–Trinajstić information content (AvgIpc) is 3.16. The minimum atomic E-state index is -2.74. The number of alkyl halides is 2. The van der Waals surface area contributed by atoms with Crippen LogP contribution in [0.5, 0.6) is 0 Å². The van der Waals surface area contributed by atoms with Crippen molar-refractivity contribution in [1.82, 2.24) is 14.5 Å². The topological polar surface area (TPSA) is 74.8 Å². The summed E-state index contributed by atoms with van der Waals surface area (Å²) in [6.45, 7) is 1.97. The minimum Gasteiger partial charge on any atom is -0.355 e. The van der Waals surface area contributed by atoms with E-state index in [9.17, 15) is 18.8 Å². The van der Waals surface area contributed by atoms with Gasteiger partial charge in [0, 0.05) is 31.4 Å². The zero-order valence-electron chi connectivity index (χ0n) is 15.4. The third-order valence-corrected chi connectivity index (χ3v) is 5.64. The Hall–Kier alpha value is -2.82. The molecule has 0 radical (unpaired) electrons. The summed E-state index contributed by atoms with van der Waals surface area (Å²) < 4.78 is 26.7. The lowest BCUT2D eigenvalue weighted by Crippen LogP contribution is -2.37. The summed E-state index contributed by atoms with van der Waals surface area (Å²) in [5.74, 6) is 1.02. The molecule has 1 saturated heterocycles. The highest BCUT2D eigenvalue weighted by Crippen LogP contribution is 2.30. The maximum Gasteiger partial charge on any atom is 0.280 e. The molecule has 146 valence electrons. The van der Waals surface area contributed by atoms with Crippen LogP contribution >= 0.6 is 0 Å². The molecule has 3 heterocycles. The summed E-state index contributed by atoms with van der Waals surface area (Å²) in [7, 11) is 0. The molecule has 28 heavy (non-hydrogen) atoms. The third kappa shape index (κ3) is 3.61. The number of rotatable bonds is 4. The molecular weight excluding hydrogens is 364 g/mol. The number of hydrogen-bond donors (Lipinski definition) is 0. The van der Waals surface area contributed by atoms with E-state index in [2.05, 4.69) is 16.0 Å². The van der Waals surface area contributed by atoms with E-state index < -0.39 is 17.7 Å². The van der Waals surface area contributed by atoms with Crippen molar-refractivity contribution < 1.29 is 8.78 Å². The van der Waals surface area contributed by atoms with E-state index in [-0.39, 0.29) is 5.92 Å². The highest BCUT2D eigenvalue weighted by molar-refractivity contribution is 5.57. The SMILES string of the molecule is N#Cc1cc2c(nc1N1CCC(Cn3cnc(C(F)F)cc3=O)CC1)CCC2. The summed E-state index contributed by atoms with van der Waals surface area (Å²) in [6.07, 6.45) is 3.21. The summed E-state index contributed by atoms with van der Waals surface area (Å²) >= 11 is 0. The molecule has 0 N–H and O–H groups in total. The Morgan fingerprint density at radius 3 is 2.71 bits per heavy atom. The monoisotopic (exact) mass is 385 g/mol. The van der Waals surface area contributed by atoms with Gasteiger partial charge in [-0.15, -0.1) is 0 Å². The predicted octanol–water partition coefficient (Wildman–Crippen LogP) is 2.85. The number of nitriles is 1. The molecule has 0 bridgehead atoms. The highest BCUT2D eigenvalue weighted by atomic mass is 19.3. The van der Waals surface area contributed by atoms with Crippen molar-refractivity contribution in [1.29, 1.82) is 5.26 Å². The number of nitrogens with zero attached hydrogens (tertiary/aromatic N) is 5. The Balaban J connectivity index is 1.43. The van der Waals surface area contributed by atoms with Crippen LogP contribution in [0.2, 0.25) is 0 Å². The van der Waals surface area contributed by atoms with Gasteiger partial charge in [0.15, 0.2) is 0 Å². The van der Waals surface area contributed by atoms with Crippen LogP contribution in [0.4, 0.5) is 14.6 Å². The van der Waals surface area contributed by atoms with Crippen LogP contribution < -0.4 is 10.5 Å². The van der Waals surface area contributed by atoms with Crippen LogP contribution in [0.25, 0.3) is 0 Å². The van der Waals surface area contributed by atoms with Gasteiger partial charge in [0.05, 0.1) is 11.9 Å². The molecule has 0 aromatic carbocycles. The fraction of sp³-hybridized carbons (Fsp3) is 0.500. The van der Waals surface area contributed by atoms with Crippen LogP contribution in [0.3, 0.4) is 0 Å². The zero-order chi connectivity index (χ0) is 19.7. The Labute approximate surface area is 161 Å². The van der Waals surface area contributed by atoms with E-state index in [0.717, 1.165) is 62.8 Å². The molecule has 1 aliphatic carbocycles. The number of piperidine rings is 1. The van der Waals surface area contributed by atoms with E-state index >= 15 is 0 Å². The van der Waals surface area contributed by atoms with Crippen LogP contribution in [-0.2, 0) is 19.4 Å². The van der Waals surface area contributed by atoms with Gasteiger partial charge in [-0.1, -0.05) is 0 Å².